The number of benzene rings is 4. The number of rotatable bonds is 2. The van der Waals surface area contributed by atoms with Crippen LogP contribution in [0.5, 0.6) is 0 Å². The monoisotopic (exact) mass is 452 g/mol. The second kappa shape index (κ2) is 9.57. The molecule has 1 aromatic heterocycles. The maximum Gasteiger partial charge on any atom is 0.0795 e. The maximum absolute atomic E-state index is 8.12. The number of nitrogen functional groups attached to an aromatic ring is 1. The zero-order valence-corrected chi connectivity index (χ0v) is 19.1. The first-order valence-electron chi connectivity index (χ1n) is 11.4. The first-order chi connectivity index (χ1) is 17.1. The van der Waals surface area contributed by atoms with Gasteiger partial charge >= 0.3 is 0 Å². The van der Waals surface area contributed by atoms with Gasteiger partial charge in [0.1, 0.15) is 0 Å². The molecular formula is C31H24N4. The molecule has 0 bridgehead atoms. The van der Waals surface area contributed by atoms with Gasteiger partial charge in [0.25, 0.3) is 0 Å². The summed E-state index contributed by atoms with van der Waals surface area (Å²) in [6.07, 6.45) is 8.80. The lowest BCUT2D eigenvalue weighted by atomic mass is 9.84. The molecule has 5 aromatic rings. The van der Waals surface area contributed by atoms with E-state index in [4.69, 9.17) is 16.6 Å². The Morgan fingerprint density at radius 1 is 0.543 bits per heavy atom. The lowest BCUT2D eigenvalue weighted by Gasteiger charge is -2.19. The highest BCUT2D eigenvalue weighted by Gasteiger charge is 2.18. The molecule has 1 aliphatic rings. The molecule has 1 heterocycles. The number of nitrogens with one attached hydrogen (secondary N) is 2. The van der Waals surface area contributed by atoms with E-state index in [9.17, 15) is 0 Å². The van der Waals surface area contributed by atoms with Gasteiger partial charge in [0.15, 0.2) is 0 Å². The second-order valence-electron chi connectivity index (χ2n) is 8.25. The summed E-state index contributed by atoms with van der Waals surface area (Å²) in [7, 11) is 0. The molecule has 6 rings (SSSR count). The van der Waals surface area contributed by atoms with E-state index < -0.39 is 0 Å². The Hall–Kier alpha value is -4.83. The molecule has 4 N–H and O–H groups in total. The summed E-state index contributed by atoms with van der Waals surface area (Å²) < 4.78 is 0. The zero-order valence-electron chi connectivity index (χ0n) is 19.1. The van der Waals surface area contributed by atoms with E-state index in [0.29, 0.717) is 0 Å². The number of nitrogens with two attached hydrogens (primary N) is 1. The average molecular weight is 453 g/mol. The topological polar surface area (TPSA) is 86.6 Å². The van der Waals surface area contributed by atoms with Crippen LogP contribution in [0.25, 0.3) is 38.2 Å². The van der Waals surface area contributed by atoms with E-state index in [1.165, 1.54) is 21.9 Å². The SMILES string of the molecule is N=C1C=CC(c2c3ccccc3c(-c3ccccc3)c3ccccc23)=CC1=N.Nc1ccncc1. The Balaban J connectivity index is 0.000000313. The van der Waals surface area contributed by atoms with Gasteiger partial charge in [-0.25, -0.2) is 0 Å². The molecule has 4 nitrogen and oxygen atoms in total. The quantitative estimate of drug-likeness (QED) is 0.194. The van der Waals surface area contributed by atoms with Gasteiger partial charge in [-0.2, -0.15) is 0 Å². The Morgan fingerprint density at radius 3 is 1.54 bits per heavy atom. The summed E-state index contributed by atoms with van der Waals surface area (Å²) in [5.41, 5.74) is 11.1. The number of anilines is 1. The number of pyridine rings is 1. The van der Waals surface area contributed by atoms with Gasteiger partial charge in [-0.3, -0.25) is 15.8 Å². The van der Waals surface area contributed by atoms with E-state index in [0.717, 1.165) is 27.6 Å². The van der Waals surface area contributed by atoms with Crippen molar-refractivity contribution in [2.45, 2.75) is 0 Å². The highest BCUT2D eigenvalue weighted by Crippen LogP contribution is 2.42. The van der Waals surface area contributed by atoms with E-state index in [1.807, 2.05) is 12.1 Å². The zero-order chi connectivity index (χ0) is 24.2. The van der Waals surface area contributed by atoms with E-state index in [-0.39, 0.29) is 11.4 Å². The van der Waals surface area contributed by atoms with Crippen LogP contribution in [0.4, 0.5) is 5.69 Å². The molecule has 0 atom stereocenters. The average Bonchev–Trinajstić information content (AvgIpc) is 2.90. The summed E-state index contributed by atoms with van der Waals surface area (Å²) in [4.78, 5) is 3.77. The van der Waals surface area contributed by atoms with Crippen LogP contribution in [-0.2, 0) is 0 Å². The van der Waals surface area contributed by atoms with Crippen LogP contribution in [0.15, 0.2) is 122 Å². The summed E-state index contributed by atoms with van der Waals surface area (Å²) >= 11 is 0. The minimum Gasteiger partial charge on any atom is -0.399 e. The number of allylic oxidation sites excluding steroid dienone is 4. The van der Waals surface area contributed by atoms with Crippen molar-refractivity contribution in [1.29, 1.82) is 10.8 Å². The molecular weight excluding hydrogens is 428 g/mol. The van der Waals surface area contributed by atoms with Gasteiger partial charge in [0, 0.05) is 18.1 Å². The van der Waals surface area contributed by atoms with Gasteiger partial charge in [-0.15, -0.1) is 0 Å². The van der Waals surface area contributed by atoms with E-state index in [1.54, 1.807) is 36.7 Å². The fourth-order valence-corrected chi connectivity index (χ4v) is 4.42. The minimum atomic E-state index is 0.248. The molecule has 168 valence electrons. The number of aromatic nitrogens is 1. The van der Waals surface area contributed by atoms with Crippen LogP contribution < -0.4 is 5.73 Å². The van der Waals surface area contributed by atoms with Crippen LogP contribution in [0, 0.1) is 10.8 Å². The van der Waals surface area contributed by atoms with Crippen LogP contribution in [-0.4, -0.2) is 16.4 Å². The molecule has 0 aliphatic heterocycles. The Bertz CT molecular complexity index is 1560. The van der Waals surface area contributed by atoms with Gasteiger partial charge < -0.3 is 5.73 Å². The maximum atomic E-state index is 8.12. The fraction of sp³-hybridized carbons (Fsp3) is 0. The van der Waals surface area contributed by atoms with Gasteiger partial charge in [0.2, 0.25) is 0 Å². The summed E-state index contributed by atoms with van der Waals surface area (Å²) in [5.74, 6) is 0. The first-order valence-corrected chi connectivity index (χ1v) is 11.4. The van der Waals surface area contributed by atoms with E-state index >= 15 is 0 Å². The molecule has 4 heteroatoms. The van der Waals surface area contributed by atoms with Gasteiger partial charge in [-0.05, 0) is 68.1 Å². The van der Waals surface area contributed by atoms with Crippen LogP contribution in [0.2, 0.25) is 0 Å². The van der Waals surface area contributed by atoms with Crippen molar-refractivity contribution >= 4 is 44.2 Å². The van der Waals surface area contributed by atoms with Crippen LogP contribution >= 0.6 is 0 Å². The van der Waals surface area contributed by atoms with Crippen molar-refractivity contribution in [2.75, 3.05) is 5.73 Å². The molecule has 0 fully saturated rings. The Kier molecular flexibility index (Phi) is 6.01. The summed E-state index contributed by atoms with van der Waals surface area (Å²) in [6, 6.07) is 31.0. The molecule has 0 radical (unpaired) electrons. The minimum absolute atomic E-state index is 0.248. The smallest absolute Gasteiger partial charge is 0.0795 e. The van der Waals surface area contributed by atoms with Crippen LogP contribution in [0.3, 0.4) is 0 Å². The number of nitrogens with zero attached hydrogens (tertiary/aromatic N) is 1. The van der Waals surface area contributed by atoms with Crippen molar-refractivity contribution in [3.05, 3.63) is 127 Å². The van der Waals surface area contributed by atoms with Crippen molar-refractivity contribution < 1.29 is 0 Å². The second-order valence-corrected chi connectivity index (χ2v) is 8.25. The molecule has 0 spiro atoms. The molecule has 35 heavy (non-hydrogen) atoms. The van der Waals surface area contributed by atoms with Gasteiger partial charge in [-0.1, -0.05) is 84.9 Å². The summed E-state index contributed by atoms with van der Waals surface area (Å²) in [5, 5.41) is 20.7. The predicted molar refractivity (Wildman–Crippen MR) is 148 cm³/mol. The Morgan fingerprint density at radius 2 is 1.06 bits per heavy atom. The fourth-order valence-electron chi connectivity index (χ4n) is 4.42. The third-order valence-corrected chi connectivity index (χ3v) is 6.01. The standard InChI is InChI=1S/C26H18N2.C5H6N2/c27-23-15-14-18(16-24(23)28)26-21-12-6-4-10-19(21)25(17-8-2-1-3-9-17)20-11-5-7-13-22(20)26;6-5-1-3-7-4-2-5/h1-16,27-28H;1-4H,(H2,6,7). The number of fused-ring (bicyclic) bond motifs is 2. The first kappa shape index (κ1) is 22.0. The summed E-state index contributed by atoms with van der Waals surface area (Å²) in [6.45, 7) is 0. The lowest BCUT2D eigenvalue weighted by molar-refractivity contribution is 1.33. The third kappa shape index (κ3) is 4.37. The molecule has 0 unspecified atom stereocenters. The van der Waals surface area contributed by atoms with Crippen molar-refractivity contribution in [3.8, 4) is 11.1 Å². The van der Waals surface area contributed by atoms with E-state index in [2.05, 4.69) is 77.8 Å². The predicted octanol–water partition coefficient (Wildman–Crippen LogP) is 7.32. The molecule has 1 aliphatic carbocycles. The third-order valence-electron chi connectivity index (χ3n) is 6.01. The molecule has 0 amide bonds. The molecule has 4 aromatic carbocycles. The van der Waals surface area contributed by atoms with Crippen molar-refractivity contribution in [3.63, 3.8) is 0 Å². The number of hydrogen-bond donors (Lipinski definition) is 3. The van der Waals surface area contributed by atoms with Crippen molar-refractivity contribution in [2.24, 2.45) is 0 Å². The normalized spacial score (nSPS) is 12.9. The number of hydrogen-bond acceptors (Lipinski definition) is 4. The largest absolute Gasteiger partial charge is 0.399 e. The van der Waals surface area contributed by atoms with Gasteiger partial charge in [0.05, 0.1) is 11.4 Å². The lowest BCUT2D eigenvalue weighted by Crippen LogP contribution is -2.10. The highest BCUT2D eigenvalue weighted by molar-refractivity contribution is 6.50. The molecule has 0 saturated heterocycles. The highest BCUT2D eigenvalue weighted by atomic mass is 14.6. The molecule has 0 saturated carbocycles. The van der Waals surface area contributed by atoms with Crippen molar-refractivity contribution in [1.82, 2.24) is 4.98 Å². The van der Waals surface area contributed by atoms with Crippen LogP contribution in [0.1, 0.15) is 5.56 Å². The Labute approximate surface area is 204 Å².